The molecule has 0 fully saturated rings. The van der Waals surface area contributed by atoms with Gasteiger partial charge in [-0.3, -0.25) is 4.79 Å². The smallest absolute Gasteiger partial charge is 0.303 e. The molecule has 3 nitrogen and oxygen atoms in total. The second-order valence-corrected chi connectivity index (χ2v) is 4.33. The first-order valence-electron chi connectivity index (χ1n) is 2.92. The number of hydrogen-bond acceptors (Lipinski definition) is 4. The Labute approximate surface area is 76.5 Å². The van der Waals surface area contributed by atoms with Gasteiger partial charge in [-0.05, 0) is 15.9 Å². The van der Waals surface area contributed by atoms with E-state index in [2.05, 4.69) is 20.9 Å². The summed E-state index contributed by atoms with van der Waals surface area (Å²) >= 11 is 4.71. The van der Waals surface area contributed by atoms with Crippen LogP contribution in [0, 0.1) is 0 Å². The van der Waals surface area contributed by atoms with Gasteiger partial charge in [-0.1, -0.05) is 0 Å². The van der Waals surface area contributed by atoms with Crippen molar-refractivity contribution in [3.63, 3.8) is 0 Å². The molecule has 0 amide bonds. The Morgan fingerprint density at radius 2 is 2.64 bits per heavy atom. The normalized spacial score (nSPS) is 9.64. The first kappa shape index (κ1) is 8.67. The number of ether oxygens (including phenoxy) is 1. The zero-order valence-corrected chi connectivity index (χ0v) is 8.24. The molecule has 0 aliphatic heterocycles. The predicted molar refractivity (Wildman–Crippen MR) is 45.3 cm³/mol. The minimum atomic E-state index is -0.281. The quantitative estimate of drug-likeness (QED) is 0.737. The highest BCUT2D eigenvalue weighted by atomic mass is 79.9. The highest BCUT2D eigenvalue weighted by molar-refractivity contribution is 9.11. The van der Waals surface area contributed by atoms with Crippen molar-refractivity contribution in [2.75, 3.05) is 0 Å². The molecule has 5 heteroatoms. The third-order valence-electron chi connectivity index (χ3n) is 0.924. The Morgan fingerprint density at radius 3 is 3.09 bits per heavy atom. The number of rotatable bonds is 2. The van der Waals surface area contributed by atoms with Crippen LogP contribution in [0.1, 0.15) is 11.9 Å². The summed E-state index contributed by atoms with van der Waals surface area (Å²) in [6, 6.07) is 0. The fraction of sp³-hybridized carbons (Fsp3) is 0.333. The lowest BCUT2D eigenvalue weighted by molar-refractivity contribution is -0.142. The summed E-state index contributed by atoms with van der Waals surface area (Å²) in [5.41, 5.74) is 0. The lowest BCUT2D eigenvalue weighted by atomic mass is 10.7. The van der Waals surface area contributed by atoms with Gasteiger partial charge in [-0.25, -0.2) is 4.98 Å². The molecule has 0 atom stereocenters. The van der Waals surface area contributed by atoms with Crippen molar-refractivity contribution in [3.8, 4) is 0 Å². The first-order chi connectivity index (χ1) is 5.18. The second kappa shape index (κ2) is 3.82. The molecule has 0 unspecified atom stereocenters. The summed E-state index contributed by atoms with van der Waals surface area (Å²) in [4.78, 5) is 14.3. The fourth-order valence-corrected chi connectivity index (χ4v) is 1.73. The Balaban J connectivity index is 2.45. The maximum absolute atomic E-state index is 10.4. The van der Waals surface area contributed by atoms with E-state index in [-0.39, 0.29) is 12.6 Å². The molecule has 0 radical (unpaired) electrons. The number of nitrogens with zero attached hydrogens (tertiary/aromatic N) is 1. The van der Waals surface area contributed by atoms with Gasteiger partial charge >= 0.3 is 5.97 Å². The second-order valence-electron chi connectivity index (χ2n) is 1.84. The van der Waals surface area contributed by atoms with Gasteiger partial charge in [0.25, 0.3) is 0 Å². The molecule has 0 aliphatic rings. The SMILES string of the molecule is CC(=O)OCc1ncc(Br)s1. The molecule has 0 bridgehead atoms. The van der Waals surface area contributed by atoms with Crippen LogP contribution in [0.25, 0.3) is 0 Å². The van der Waals surface area contributed by atoms with Gasteiger partial charge in [-0.2, -0.15) is 0 Å². The molecule has 0 aliphatic carbocycles. The maximum atomic E-state index is 10.4. The molecule has 0 spiro atoms. The van der Waals surface area contributed by atoms with Gasteiger partial charge in [-0.15, -0.1) is 11.3 Å². The minimum absolute atomic E-state index is 0.269. The van der Waals surface area contributed by atoms with Gasteiger partial charge in [0.2, 0.25) is 0 Å². The monoisotopic (exact) mass is 235 g/mol. The Bertz CT molecular complexity index is 261. The Kier molecular flexibility index (Phi) is 3.02. The van der Waals surface area contributed by atoms with E-state index in [4.69, 9.17) is 4.74 Å². The predicted octanol–water partition coefficient (Wildman–Crippen LogP) is 1.97. The van der Waals surface area contributed by atoms with Crippen LogP contribution in [0.2, 0.25) is 0 Å². The highest BCUT2D eigenvalue weighted by Gasteiger charge is 2.00. The third-order valence-corrected chi connectivity index (χ3v) is 2.37. The third kappa shape index (κ3) is 2.98. The molecule has 1 aromatic heterocycles. The average molecular weight is 236 g/mol. The van der Waals surface area contributed by atoms with Crippen LogP contribution in [0.15, 0.2) is 9.98 Å². The number of esters is 1. The average Bonchev–Trinajstić information content (AvgIpc) is 2.31. The molecule has 60 valence electrons. The van der Waals surface area contributed by atoms with Crippen molar-refractivity contribution in [2.45, 2.75) is 13.5 Å². The lowest BCUT2D eigenvalue weighted by Gasteiger charge is -1.95. The molecule has 1 heterocycles. The topological polar surface area (TPSA) is 39.2 Å². The van der Waals surface area contributed by atoms with Crippen molar-refractivity contribution < 1.29 is 9.53 Å². The van der Waals surface area contributed by atoms with Gasteiger partial charge in [0.05, 0.1) is 9.98 Å². The fourth-order valence-electron chi connectivity index (χ4n) is 0.518. The maximum Gasteiger partial charge on any atom is 0.303 e. The van der Waals surface area contributed by atoms with E-state index in [1.54, 1.807) is 6.20 Å². The van der Waals surface area contributed by atoms with Crippen LogP contribution in [-0.4, -0.2) is 11.0 Å². The van der Waals surface area contributed by atoms with Crippen molar-refractivity contribution in [3.05, 3.63) is 15.0 Å². The minimum Gasteiger partial charge on any atom is -0.458 e. The number of carbonyl (C=O) groups is 1. The van der Waals surface area contributed by atoms with E-state index in [0.29, 0.717) is 0 Å². The molecule has 11 heavy (non-hydrogen) atoms. The summed E-state index contributed by atoms with van der Waals surface area (Å²) in [5, 5.41) is 0.798. The Hall–Kier alpha value is -0.420. The number of thiazole rings is 1. The van der Waals surface area contributed by atoms with Crippen LogP contribution >= 0.6 is 27.3 Å². The van der Waals surface area contributed by atoms with Gasteiger partial charge in [0, 0.05) is 6.92 Å². The molecule has 0 saturated carbocycles. The first-order valence-corrected chi connectivity index (χ1v) is 4.53. The molecule has 0 N–H and O–H groups in total. The van der Waals surface area contributed by atoms with E-state index < -0.39 is 0 Å². The van der Waals surface area contributed by atoms with Crippen molar-refractivity contribution in [2.24, 2.45) is 0 Å². The molecule has 0 saturated heterocycles. The van der Waals surface area contributed by atoms with Gasteiger partial charge in [0.15, 0.2) is 0 Å². The number of halogens is 1. The van der Waals surface area contributed by atoms with Crippen LogP contribution in [0.4, 0.5) is 0 Å². The van der Waals surface area contributed by atoms with Crippen LogP contribution < -0.4 is 0 Å². The highest BCUT2D eigenvalue weighted by Crippen LogP contribution is 2.19. The molecular weight excluding hydrogens is 230 g/mol. The number of aromatic nitrogens is 1. The number of carbonyl (C=O) groups excluding carboxylic acids is 1. The van der Waals surface area contributed by atoms with Crippen LogP contribution in [0.5, 0.6) is 0 Å². The Morgan fingerprint density at radius 1 is 1.91 bits per heavy atom. The van der Waals surface area contributed by atoms with Crippen LogP contribution in [-0.2, 0) is 16.1 Å². The van der Waals surface area contributed by atoms with Crippen molar-refractivity contribution in [1.82, 2.24) is 4.98 Å². The number of hydrogen-bond donors (Lipinski definition) is 0. The zero-order valence-electron chi connectivity index (χ0n) is 5.83. The summed E-state index contributed by atoms with van der Waals surface area (Å²) in [7, 11) is 0. The zero-order chi connectivity index (χ0) is 8.27. The molecule has 1 aromatic rings. The standard InChI is InChI=1S/C6H6BrNO2S/c1-4(9)10-3-6-8-2-5(7)11-6/h2H,3H2,1H3. The largest absolute Gasteiger partial charge is 0.458 e. The van der Waals surface area contributed by atoms with Gasteiger partial charge in [0.1, 0.15) is 11.6 Å². The van der Waals surface area contributed by atoms with Crippen molar-refractivity contribution in [1.29, 1.82) is 0 Å². The van der Waals surface area contributed by atoms with E-state index in [1.807, 2.05) is 0 Å². The molecule has 1 rings (SSSR count). The molecule has 0 aromatic carbocycles. The summed E-state index contributed by atoms with van der Waals surface area (Å²) < 4.78 is 5.67. The van der Waals surface area contributed by atoms with Gasteiger partial charge < -0.3 is 4.74 Å². The summed E-state index contributed by atoms with van der Waals surface area (Å²) in [5.74, 6) is -0.281. The van der Waals surface area contributed by atoms with E-state index in [9.17, 15) is 4.79 Å². The molecular formula is C6H6BrNO2S. The van der Waals surface area contributed by atoms with E-state index in [0.717, 1.165) is 8.79 Å². The van der Waals surface area contributed by atoms with Crippen molar-refractivity contribution >= 4 is 33.2 Å². The lowest BCUT2D eigenvalue weighted by Crippen LogP contribution is -1.97. The van der Waals surface area contributed by atoms with Crippen LogP contribution in [0.3, 0.4) is 0 Å². The van der Waals surface area contributed by atoms with E-state index in [1.165, 1.54) is 18.3 Å². The summed E-state index contributed by atoms with van der Waals surface area (Å²) in [6.07, 6.45) is 1.68. The van der Waals surface area contributed by atoms with E-state index >= 15 is 0 Å². The summed E-state index contributed by atoms with van der Waals surface area (Å²) in [6.45, 7) is 1.65.